The second-order valence-electron chi connectivity index (χ2n) is 5.95. The lowest BCUT2D eigenvalue weighted by atomic mass is 10.1. The van der Waals surface area contributed by atoms with Crippen LogP contribution < -0.4 is 10.1 Å². The van der Waals surface area contributed by atoms with Crippen LogP contribution >= 0.6 is 0 Å². The highest BCUT2D eigenvalue weighted by Crippen LogP contribution is 2.18. The van der Waals surface area contributed by atoms with Crippen LogP contribution in [0.2, 0.25) is 0 Å². The first-order chi connectivity index (χ1) is 12.5. The lowest BCUT2D eigenvalue weighted by molar-refractivity contribution is -0.117. The van der Waals surface area contributed by atoms with Crippen molar-refractivity contribution < 1.29 is 14.3 Å². The van der Waals surface area contributed by atoms with Gasteiger partial charge in [0.15, 0.2) is 0 Å². The van der Waals surface area contributed by atoms with Crippen LogP contribution in [0.15, 0.2) is 55.0 Å². The highest BCUT2D eigenvalue weighted by Gasteiger charge is 2.21. The summed E-state index contributed by atoms with van der Waals surface area (Å²) in [6.07, 6.45) is 5.20. The van der Waals surface area contributed by atoms with Crippen molar-refractivity contribution in [1.29, 1.82) is 0 Å². The van der Waals surface area contributed by atoms with Gasteiger partial charge in [0.2, 0.25) is 0 Å². The van der Waals surface area contributed by atoms with E-state index in [-0.39, 0.29) is 6.04 Å². The van der Waals surface area contributed by atoms with Gasteiger partial charge in [0.1, 0.15) is 5.75 Å². The molecule has 26 heavy (non-hydrogen) atoms. The monoisotopic (exact) mass is 352 g/mol. The predicted octanol–water partition coefficient (Wildman–Crippen LogP) is 2.28. The standard InChI is InChI=1S/C19H20N4O3/c1-13(21-19(25)18(24)17-8-5-9-22(17)2)14-11-20-23(12-14)15-6-4-7-16(10-15)26-3/h4-13H,1-3H3,(H,21,25)/t13-/m0/s1. The molecule has 2 aromatic heterocycles. The Morgan fingerprint density at radius 2 is 2.04 bits per heavy atom. The van der Waals surface area contributed by atoms with Crippen molar-refractivity contribution in [1.82, 2.24) is 19.7 Å². The average Bonchev–Trinajstić information content (AvgIpc) is 3.30. The number of hydrogen-bond donors (Lipinski definition) is 1. The van der Waals surface area contributed by atoms with E-state index >= 15 is 0 Å². The van der Waals surface area contributed by atoms with Gasteiger partial charge in [0.05, 0.1) is 30.7 Å². The van der Waals surface area contributed by atoms with Crippen LogP contribution in [0.25, 0.3) is 5.69 Å². The molecule has 1 atom stereocenters. The van der Waals surface area contributed by atoms with Gasteiger partial charge in [-0.15, -0.1) is 0 Å². The SMILES string of the molecule is COc1cccc(-n2cc([C@H](C)NC(=O)C(=O)c3cccn3C)cn2)c1. The van der Waals surface area contributed by atoms with E-state index in [9.17, 15) is 9.59 Å². The number of nitrogens with zero attached hydrogens (tertiary/aromatic N) is 3. The van der Waals surface area contributed by atoms with Crippen LogP contribution in [0.5, 0.6) is 5.75 Å². The fraction of sp³-hybridized carbons (Fsp3) is 0.211. The van der Waals surface area contributed by atoms with Gasteiger partial charge in [0, 0.05) is 31.1 Å². The Hall–Kier alpha value is -3.35. The molecule has 1 N–H and O–H groups in total. The van der Waals surface area contributed by atoms with E-state index in [1.807, 2.05) is 37.4 Å². The molecule has 3 aromatic rings. The topological polar surface area (TPSA) is 78.1 Å². The largest absolute Gasteiger partial charge is 0.497 e. The maximum atomic E-state index is 12.2. The first-order valence-corrected chi connectivity index (χ1v) is 8.15. The van der Waals surface area contributed by atoms with Gasteiger partial charge in [0.25, 0.3) is 11.7 Å². The zero-order valence-electron chi connectivity index (χ0n) is 14.8. The van der Waals surface area contributed by atoms with Crippen LogP contribution in [0, 0.1) is 0 Å². The maximum Gasteiger partial charge on any atom is 0.294 e. The summed E-state index contributed by atoms with van der Waals surface area (Å²) >= 11 is 0. The summed E-state index contributed by atoms with van der Waals surface area (Å²) in [6.45, 7) is 1.81. The molecule has 0 aliphatic rings. The number of Topliss-reactive ketones (excluding diaryl/α,β-unsaturated/α-hetero) is 1. The number of methoxy groups -OCH3 is 1. The molecule has 1 amide bonds. The second-order valence-corrected chi connectivity index (χ2v) is 5.95. The Morgan fingerprint density at radius 3 is 2.73 bits per heavy atom. The Kier molecular flexibility index (Phi) is 4.88. The Balaban J connectivity index is 1.71. The second kappa shape index (κ2) is 7.26. The van der Waals surface area contributed by atoms with E-state index in [1.54, 1.807) is 47.9 Å². The van der Waals surface area contributed by atoms with E-state index in [4.69, 9.17) is 4.74 Å². The highest BCUT2D eigenvalue weighted by atomic mass is 16.5. The number of benzene rings is 1. The van der Waals surface area contributed by atoms with E-state index in [0.29, 0.717) is 5.69 Å². The van der Waals surface area contributed by atoms with Crippen molar-refractivity contribution >= 4 is 11.7 Å². The number of hydrogen-bond acceptors (Lipinski definition) is 4. The Labute approximate surface area is 151 Å². The zero-order valence-corrected chi connectivity index (χ0v) is 14.8. The van der Waals surface area contributed by atoms with Gasteiger partial charge in [-0.2, -0.15) is 5.10 Å². The molecule has 7 heteroatoms. The predicted molar refractivity (Wildman–Crippen MR) is 96.4 cm³/mol. The molecule has 1 aromatic carbocycles. The minimum Gasteiger partial charge on any atom is -0.497 e. The van der Waals surface area contributed by atoms with Crippen molar-refractivity contribution in [2.75, 3.05) is 7.11 Å². The molecule has 2 heterocycles. The molecule has 0 saturated carbocycles. The van der Waals surface area contributed by atoms with Gasteiger partial charge in [-0.3, -0.25) is 9.59 Å². The molecule has 0 fully saturated rings. The lowest BCUT2D eigenvalue weighted by Crippen LogP contribution is -2.33. The van der Waals surface area contributed by atoms with Crippen molar-refractivity contribution in [3.8, 4) is 11.4 Å². The molecular formula is C19H20N4O3. The van der Waals surface area contributed by atoms with E-state index in [2.05, 4.69) is 10.4 Å². The third-order valence-electron chi connectivity index (χ3n) is 4.15. The molecular weight excluding hydrogens is 332 g/mol. The Morgan fingerprint density at radius 1 is 1.23 bits per heavy atom. The molecule has 0 unspecified atom stereocenters. The fourth-order valence-corrected chi connectivity index (χ4v) is 2.61. The lowest BCUT2D eigenvalue weighted by Gasteiger charge is -2.11. The van der Waals surface area contributed by atoms with Crippen LogP contribution in [0.4, 0.5) is 0 Å². The third-order valence-corrected chi connectivity index (χ3v) is 4.15. The minimum absolute atomic E-state index is 0.349. The van der Waals surface area contributed by atoms with Gasteiger partial charge >= 0.3 is 0 Å². The van der Waals surface area contributed by atoms with Gasteiger partial charge < -0.3 is 14.6 Å². The Bertz CT molecular complexity index is 942. The highest BCUT2D eigenvalue weighted by molar-refractivity contribution is 6.42. The molecule has 0 saturated heterocycles. The number of aromatic nitrogens is 3. The third kappa shape index (κ3) is 3.51. The smallest absolute Gasteiger partial charge is 0.294 e. The number of ketones is 1. The number of aryl methyl sites for hydroxylation is 1. The van der Waals surface area contributed by atoms with Crippen molar-refractivity contribution in [3.63, 3.8) is 0 Å². The van der Waals surface area contributed by atoms with Crippen LogP contribution in [0.1, 0.15) is 29.0 Å². The van der Waals surface area contributed by atoms with Crippen molar-refractivity contribution in [3.05, 3.63) is 66.2 Å². The summed E-state index contributed by atoms with van der Waals surface area (Å²) in [6, 6.07) is 10.5. The number of carbonyl (C=O) groups is 2. The first-order valence-electron chi connectivity index (χ1n) is 8.15. The van der Waals surface area contributed by atoms with Crippen LogP contribution in [-0.2, 0) is 11.8 Å². The minimum atomic E-state index is -0.645. The van der Waals surface area contributed by atoms with E-state index < -0.39 is 11.7 Å². The summed E-state index contributed by atoms with van der Waals surface area (Å²) in [4.78, 5) is 24.4. The van der Waals surface area contributed by atoms with Crippen molar-refractivity contribution in [2.24, 2.45) is 7.05 Å². The molecule has 0 spiro atoms. The zero-order chi connectivity index (χ0) is 18.7. The summed E-state index contributed by atoms with van der Waals surface area (Å²) in [7, 11) is 3.33. The molecule has 0 bridgehead atoms. The summed E-state index contributed by atoms with van der Waals surface area (Å²) in [5, 5.41) is 7.04. The fourth-order valence-electron chi connectivity index (χ4n) is 2.61. The summed E-state index contributed by atoms with van der Waals surface area (Å²) in [5.41, 5.74) is 1.98. The first kappa shape index (κ1) is 17.5. The number of carbonyl (C=O) groups excluding carboxylic acids is 2. The maximum absolute atomic E-state index is 12.2. The van der Waals surface area contributed by atoms with Gasteiger partial charge in [-0.1, -0.05) is 6.07 Å². The van der Waals surface area contributed by atoms with Gasteiger partial charge in [-0.05, 0) is 31.2 Å². The van der Waals surface area contributed by atoms with Crippen LogP contribution in [-0.4, -0.2) is 33.1 Å². The summed E-state index contributed by atoms with van der Waals surface area (Å²) < 4.78 is 8.53. The molecule has 0 aliphatic carbocycles. The quantitative estimate of drug-likeness (QED) is 0.545. The van der Waals surface area contributed by atoms with Crippen LogP contribution in [0.3, 0.4) is 0 Å². The number of rotatable bonds is 6. The normalized spacial score (nSPS) is 11.8. The van der Waals surface area contributed by atoms with E-state index in [1.165, 1.54) is 0 Å². The average molecular weight is 352 g/mol. The molecule has 134 valence electrons. The number of ether oxygens (including phenoxy) is 1. The van der Waals surface area contributed by atoms with Gasteiger partial charge in [-0.25, -0.2) is 4.68 Å². The molecule has 0 aliphatic heterocycles. The number of amides is 1. The number of nitrogens with one attached hydrogen (secondary N) is 1. The van der Waals surface area contributed by atoms with Crippen molar-refractivity contribution in [2.45, 2.75) is 13.0 Å². The molecule has 3 rings (SSSR count). The molecule has 7 nitrogen and oxygen atoms in total. The van der Waals surface area contributed by atoms with E-state index in [0.717, 1.165) is 17.0 Å². The molecule has 0 radical (unpaired) electrons. The summed E-state index contributed by atoms with van der Waals surface area (Å²) in [5.74, 6) is -0.480.